The van der Waals surface area contributed by atoms with Crippen LogP contribution in [0, 0.1) is 0 Å². The second-order valence-electron chi connectivity index (χ2n) is 7.20. The van der Waals surface area contributed by atoms with Gasteiger partial charge in [-0.15, -0.1) is 0 Å². The van der Waals surface area contributed by atoms with Gasteiger partial charge in [-0.1, -0.05) is 49.4 Å². The second-order valence-corrected chi connectivity index (χ2v) is 7.20. The first-order chi connectivity index (χ1) is 11.7. The van der Waals surface area contributed by atoms with Gasteiger partial charge in [0, 0.05) is 16.6 Å². The number of fused-ring (bicyclic) bond motifs is 3. The van der Waals surface area contributed by atoms with E-state index in [1.807, 2.05) is 0 Å². The molecular formula is C22H26N2. The van der Waals surface area contributed by atoms with Crippen molar-refractivity contribution in [2.75, 3.05) is 0 Å². The van der Waals surface area contributed by atoms with Gasteiger partial charge in [0.2, 0.25) is 0 Å². The molecule has 24 heavy (non-hydrogen) atoms. The zero-order chi connectivity index (χ0) is 16.6. The highest BCUT2D eigenvalue weighted by Crippen LogP contribution is 2.39. The molecule has 0 bridgehead atoms. The van der Waals surface area contributed by atoms with Crippen LogP contribution in [0.3, 0.4) is 0 Å². The Morgan fingerprint density at radius 1 is 1.04 bits per heavy atom. The number of aryl methyl sites for hydroxylation is 3. The average Bonchev–Trinajstić information content (AvgIpc) is 3.01. The number of aromatic amines is 1. The Kier molecular flexibility index (Phi) is 3.93. The molecule has 0 radical (unpaired) electrons. The third-order valence-electron chi connectivity index (χ3n) is 5.65. The van der Waals surface area contributed by atoms with Gasteiger partial charge in [0.1, 0.15) is 0 Å². The SMILES string of the molecule is CCc1ccc(CCC2(N)CCCc3c2[nH]c2ccccc32)cc1. The summed E-state index contributed by atoms with van der Waals surface area (Å²) in [6.07, 6.45) is 6.52. The van der Waals surface area contributed by atoms with E-state index in [4.69, 9.17) is 5.73 Å². The molecule has 1 aromatic heterocycles. The third kappa shape index (κ3) is 2.65. The maximum Gasteiger partial charge on any atom is 0.0568 e. The van der Waals surface area contributed by atoms with Gasteiger partial charge >= 0.3 is 0 Å². The quantitative estimate of drug-likeness (QED) is 0.709. The van der Waals surface area contributed by atoms with Crippen LogP contribution in [-0.4, -0.2) is 4.98 Å². The van der Waals surface area contributed by atoms with E-state index in [9.17, 15) is 0 Å². The standard InChI is InChI=1S/C22H26N2/c1-2-16-9-11-17(12-10-16)13-15-22(23)14-5-7-19-18-6-3-4-8-20(18)24-21(19)22/h3-4,6,8-12,24H,2,5,7,13-15,23H2,1H3. The van der Waals surface area contributed by atoms with Gasteiger partial charge < -0.3 is 10.7 Å². The molecule has 124 valence electrons. The number of hydrogen-bond donors (Lipinski definition) is 2. The Morgan fingerprint density at radius 3 is 2.58 bits per heavy atom. The van der Waals surface area contributed by atoms with Crippen LogP contribution in [0.2, 0.25) is 0 Å². The lowest BCUT2D eigenvalue weighted by Gasteiger charge is -2.34. The fraction of sp³-hybridized carbons (Fsp3) is 0.364. The summed E-state index contributed by atoms with van der Waals surface area (Å²) in [6.45, 7) is 2.20. The minimum atomic E-state index is -0.226. The van der Waals surface area contributed by atoms with Crippen molar-refractivity contribution < 1.29 is 0 Å². The molecule has 1 unspecified atom stereocenters. The van der Waals surface area contributed by atoms with Crippen LogP contribution in [0.25, 0.3) is 10.9 Å². The molecule has 0 amide bonds. The zero-order valence-corrected chi connectivity index (χ0v) is 14.4. The molecular weight excluding hydrogens is 292 g/mol. The van der Waals surface area contributed by atoms with E-state index in [2.05, 4.69) is 60.4 Å². The Hall–Kier alpha value is -2.06. The van der Waals surface area contributed by atoms with Crippen LogP contribution in [-0.2, 0) is 24.8 Å². The van der Waals surface area contributed by atoms with Gasteiger partial charge in [-0.05, 0) is 61.3 Å². The molecule has 1 atom stereocenters. The lowest BCUT2D eigenvalue weighted by molar-refractivity contribution is 0.339. The number of hydrogen-bond acceptors (Lipinski definition) is 1. The maximum atomic E-state index is 6.91. The molecule has 0 saturated heterocycles. The van der Waals surface area contributed by atoms with Crippen molar-refractivity contribution in [1.29, 1.82) is 0 Å². The summed E-state index contributed by atoms with van der Waals surface area (Å²) in [5.74, 6) is 0. The highest BCUT2D eigenvalue weighted by atomic mass is 14.9. The third-order valence-corrected chi connectivity index (χ3v) is 5.65. The van der Waals surface area contributed by atoms with Crippen LogP contribution in [0.1, 0.15) is 48.6 Å². The Balaban J connectivity index is 1.61. The number of nitrogens with one attached hydrogen (secondary N) is 1. The Morgan fingerprint density at radius 2 is 1.79 bits per heavy atom. The highest BCUT2D eigenvalue weighted by molar-refractivity contribution is 5.85. The normalized spacial score (nSPS) is 20.2. The molecule has 2 nitrogen and oxygen atoms in total. The van der Waals surface area contributed by atoms with E-state index in [-0.39, 0.29) is 5.54 Å². The fourth-order valence-electron chi connectivity index (χ4n) is 4.15. The summed E-state index contributed by atoms with van der Waals surface area (Å²) in [6, 6.07) is 17.6. The molecule has 0 saturated carbocycles. The number of para-hydroxylation sites is 1. The summed E-state index contributed by atoms with van der Waals surface area (Å²) < 4.78 is 0. The van der Waals surface area contributed by atoms with Crippen molar-refractivity contribution in [3.63, 3.8) is 0 Å². The summed E-state index contributed by atoms with van der Waals surface area (Å²) in [5, 5.41) is 1.36. The van der Waals surface area contributed by atoms with Crippen molar-refractivity contribution in [2.24, 2.45) is 5.73 Å². The van der Waals surface area contributed by atoms with Gasteiger partial charge in [0.15, 0.2) is 0 Å². The van der Waals surface area contributed by atoms with Crippen molar-refractivity contribution in [1.82, 2.24) is 4.98 Å². The molecule has 1 aliphatic rings. The zero-order valence-electron chi connectivity index (χ0n) is 14.4. The predicted molar refractivity (Wildman–Crippen MR) is 101 cm³/mol. The smallest absolute Gasteiger partial charge is 0.0568 e. The number of benzene rings is 2. The first kappa shape index (κ1) is 15.5. The highest BCUT2D eigenvalue weighted by Gasteiger charge is 2.34. The van der Waals surface area contributed by atoms with Crippen LogP contribution >= 0.6 is 0 Å². The minimum absolute atomic E-state index is 0.226. The summed E-state index contributed by atoms with van der Waals surface area (Å²) in [5.41, 5.74) is 13.4. The maximum absolute atomic E-state index is 6.91. The lowest BCUT2D eigenvalue weighted by Crippen LogP contribution is -2.40. The summed E-state index contributed by atoms with van der Waals surface area (Å²) in [7, 11) is 0. The van der Waals surface area contributed by atoms with Gasteiger partial charge in [-0.25, -0.2) is 0 Å². The first-order valence-corrected chi connectivity index (χ1v) is 9.16. The second kappa shape index (κ2) is 6.10. The molecule has 1 heterocycles. The largest absolute Gasteiger partial charge is 0.357 e. The van der Waals surface area contributed by atoms with Crippen molar-refractivity contribution in [2.45, 2.75) is 51.0 Å². The average molecular weight is 318 g/mol. The van der Waals surface area contributed by atoms with Crippen molar-refractivity contribution in [3.8, 4) is 0 Å². The molecule has 3 N–H and O–H groups in total. The van der Waals surface area contributed by atoms with E-state index in [1.54, 1.807) is 0 Å². The Bertz CT molecular complexity index is 844. The first-order valence-electron chi connectivity index (χ1n) is 9.16. The van der Waals surface area contributed by atoms with Crippen molar-refractivity contribution in [3.05, 3.63) is 70.9 Å². The minimum Gasteiger partial charge on any atom is -0.357 e. The predicted octanol–water partition coefficient (Wildman–Crippen LogP) is 4.85. The van der Waals surface area contributed by atoms with Crippen LogP contribution in [0.15, 0.2) is 48.5 Å². The van der Waals surface area contributed by atoms with E-state index >= 15 is 0 Å². The van der Waals surface area contributed by atoms with Crippen LogP contribution in [0.5, 0.6) is 0 Å². The van der Waals surface area contributed by atoms with Gasteiger partial charge in [0.05, 0.1) is 5.54 Å². The van der Waals surface area contributed by atoms with Crippen molar-refractivity contribution >= 4 is 10.9 Å². The molecule has 4 rings (SSSR count). The molecule has 2 aromatic carbocycles. The molecule has 0 spiro atoms. The summed E-state index contributed by atoms with van der Waals surface area (Å²) in [4.78, 5) is 3.64. The molecule has 0 aliphatic heterocycles. The molecule has 3 aromatic rings. The number of rotatable bonds is 4. The Labute approximate surface area is 144 Å². The molecule has 2 heteroatoms. The van der Waals surface area contributed by atoms with E-state index in [0.717, 1.165) is 32.1 Å². The lowest BCUT2D eigenvalue weighted by atomic mass is 9.77. The molecule has 0 fully saturated rings. The van der Waals surface area contributed by atoms with Gasteiger partial charge in [0.25, 0.3) is 0 Å². The van der Waals surface area contributed by atoms with Crippen LogP contribution in [0.4, 0.5) is 0 Å². The topological polar surface area (TPSA) is 41.8 Å². The van der Waals surface area contributed by atoms with E-state index in [0.29, 0.717) is 0 Å². The number of nitrogens with two attached hydrogens (primary N) is 1. The molecule has 1 aliphatic carbocycles. The van der Waals surface area contributed by atoms with E-state index < -0.39 is 0 Å². The van der Waals surface area contributed by atoms with Gasteiger partial charge in [-0.3, -0.25) is 0 Å². The monoisotopic (exact) mass is 318 g/mol. The number of H-pyrrole nitrogens is 1. The van der Waals surface area contributed by atoms with E-state index in [1.165, 1.54) is 39.7 Å². The van der Waals surface area contributed by atoms with Crippen LogP contribution < -0.4 is 5.73 Å². The fourth-order valence-corrected chi connectivity index (χ4v) is 4.15. The number of aromatic nitrogens is 1. The summed E-state index contributed by atoms with van der Waals surface area (Å²) >= 11 is 0. The van der Waals surface area contributed by atoms with Gasteiger partial charge in [-0.2, -0.15) is 0 Å².